The minimum Gasteiger partial charge on any atom is -0.319 e. The predicted octanol–water partition coefficient (Wildman–Crippen LogP) is 4.46. The molecule has 2 aromatic heterocycles. The van der Waals surface area contributed by atoms with Gasteiger partial charge in [0.2, 0.25) is 0 Å². The molecule has 3 rings (SSSR count). The normalized spacial score (nSPS) is 12.2. The summed E-state index contributed by atoms with van der Waals surface area (Å²) in [6, 6.07) is 9.40. The molecule has 0 aliphatic rings. The number of fused-ring (bicyclic) bond motifs is 1. The molecule has 0 unspecified atom stereocenters. The van der Waals surface area contributed by atoms with E-state index in [1.54, 1.807) is 12.1 Å². The van der Waals surface area contributed by atoms with E-state index < -0.39 is 0 Å². The summed E-state index contributed by atoms with van der Waals surface area (Å²) < 4.78 is 4.60. The first-order valence-corrected chi connectivity index (χ1v) is 8.44. The first kappa shape index (κ1) is 14.0. The molecule has 3 aromatic rings. The zero-order chi connectivity index (χ0) is 14.3. The van der Waals surface area contributed by atoms with Gasteiger partial charge in [-0.15, -0.1) is 11.3 Å². The number of rotatable bonds is 1. The van der Waals surface area contributed by atoms with Gasteiger partial charge in [-0.3, -0.25) is 4.79 Å². The molecule has 0 aliphatic heterocycles. The summed E-state index contributed by atoms with van der Waals surface area (Å²) in [6.07, 6.45) is 0. The summed E-state index contributed by atoms with van der Waals surface area (Å²) in [4.78, 5) is 17.5. The Morgan fingerprint density at radius 3 is 2.80 bits per heavy atom. The molecule has 0 fully saturated rings. The van der Waals surface area contributed by atoms with E-state index in [9.17, 15) is 4.79 Å². The topological polar surface area (TPSA) is 34.4 Å². The maximum atomic E-state index is 12.1. The minimum absolute atomic E-state index is 0.261. The molecule has 0 N–H and O–H groups in total. The van der Waals surface area contributed by atoms with Crippen LogP contribution in [0.15, 0.2) is 39.8 Å². The molecule has 0 radical (unpaired) electrons. The molecule has 3 nitrogen and oxygen atoms in total. The molecule has 2 heterocycles. The average Bonchev–Trinajstić information content (AvgIpc) is 2.95. The standard InChI is InChI=1S/C13H8BrClN2OS2/c1-17-8-3-2-7(14)6-10(8)20-13(17)16-12(18)9-4-5-11(15)19-9/h2-6H,1H3. The number of carbonyl (C=O) groups excluding carboxylic acids is 1. The molecular formula is C13H8BrClN2OS2. The van der Waals surface area contributed by atoms with Crippen molar-refractivity contribution in [2.75, 3.05) is 0 Å². The fraction of sp³-hybridized carbons (Fsp3) is 0.0769. The van der Waals surface area contributed by atoms with Crippen LogP contribution in [0.2, 0.25) is 4.34 Å². The number of hydrogen-bond donors (Lipinski definition) is 0. The van der Waals surface area contributed by atoms with Crippen molar-refractivity contribution in [3.05, 3.63) is 48.8 Å². The van der Waals surface area contributed by atoms with Crippen molar-refractivity contribution in [2.24, 2.45) is 12.0 Å². The van der Waals surface area contributed by atoms with Crippen LogP contribution in [-0.4, -0.2) is 10.5 Å². The summed E-state index contributed by atoms with van der Waals surface area (Å²) in [5.41, 5.74) is 1.05. The minimum atomic E-state index is -0.261. The van der Waals surface area contributed by atoms with E-state index in [4.69, 9.17) is 11.6 Å². The van der Waals surface area contributed by atoms with Crippen molar-refractivity contribution in [3.8, 4) is 0 Å². The van der Waals surface area contributed by atoms with Crippen LogP contribution >= 0.6 is 50.2 Å². The molecule has 102 valence electrons. The third kappa shape index (κ3) is 2.61. The Bertz CT molecular complexity index is 878. The van der Waals surface area contributed by atoms with Crippen molar-refractivity contribution in [2.45, 2.75) is 0 Å². The highest BCUT2D eigenvalue weighted by molar-refractivity contribution is 9.10. The Morgan fingerprint density at radius 2 is 2.10 bits per heavy atom. The molecule has 1 amide bonds. The van der Waals surface area contributed by atoms with Crippen LogP contribution in [-0.2, 0) is 7.05 Å². The van der Waals surface area contributed by atoms with Gasteiger partial charge in [-0.2, -0.15) is 4.99 Å². The second-order valence-corrected chi connectivity index (χ2v) is 7.72. The largest absolute Gasteiger partial charge is 0.319 e. The number of nitrogens with zero attached hydrogens (tertiary/aromatic N) is 2. The molecule has 0 atom stereocenters. The van der Waals surface area contributed by atoms with E-state index in [0.29, 0.717) is 14.0 Å². The highest BCUT2D eigenvalue weighted by Crippen LogP contribution is 2.23. The molecule has 0 spiro atoms. The lowest BCUT2D eigenvalue weighted by molar-refractivity contribution is 0.100. The lowest BCUT2D eigenvalue weighted by Crippen LogP contribution is -2.12. The van der Waals surface area contributed by atoms with Crippen molar-refractivity contribution in [3.63, 3.8) is 0 Å². The highest BCUT2D eigenvalue weighted by atomic mass is 79.9. The first-order chi connectivity index (χ1) is 9.54. The first-order valence-electron chi connectivity index (χ1n) is 5.64. The molecule has 0 aliphatic carbocycles. The summed E-state index contributed by atoms with van der Waals surface area (Å²) >= 11 is 12.0. The molecule has 0 saturated heterocycles. The van der Waals surface area contributed by atoms with Crippen LogP contribution < -0.4 is 4.80 Å². The SMILES string of the molecule is Cn1c(=NC(=O)c2ccc(Cl)s2)sc2cc(Br)ccc21. The smallest absolute Gasteiger partial charge is 0.289 e. The van der Waals surface area contributed by atoms with Gasteiger partial charge in [-0.05, 0) is 30.3 Å². The lowest BCUT2D eigenvalue weighted by Gasteiger charge is -1.95. The second kappa shape index (κ2) is 5.44. The monoisotopic (exact) mass is 386 g/mol. The summed E-state index contributed by atoms with van der Waals surface area (Å²) in [5, 5.41) is 0. The quantitative estimate of drug-likeness (QED) is 0.607. The van der Waals surface area contributed by atoms with Crippen LogP contribution in [0.25, 0.3) is 10.2 Å². The number of thiazole rings is 1. The van der Waals surface area contributed by atoms with Crippen LogP contribution in [0.3, 0.4) is 0 Å². The number of thiophene rings is 1. The average molecular weight is 388 g/mol. The predicted molar refractivity (Wildman–Crippen MR) is 87.7 cm³/mol. The van der Waals surface area contributed by atoms with Gasteiger partial charge in [0.1, 0.15) is 0 Å². The van der Waals surface area contributed by atoms with Crippen molar-refractivity contribution < 1.29 is 4.79 Å². The van der Waals surface area contributed by atoms with Gasteiger partial charge in [0.05, 0.1) is 19.4 Å². The number of hydrogen-bond acceptors (Lipinski definition) is 3. The Kier molecular flexibility index (Phi) is 3.81. The van der Waals surface area contributed by atoms with Crippen LogP contribution in [0.1, 0.15) is 9.67 Å². The Morgan fingerprint density at radius 1 is 1.30 bits per heavy atom. The molecule has 20 heavy (non-hydrogen) atoms. The Hall–Kier alpha value is -0.950. The van der Waals surface area contributed by atoms with Gasteiger partial charge in [0.25, 0.3) is 5.91 Å². The third-order valence-corrected chi connectivity index (χ3v) is 5.56. The van der Waals surface area contributed by atoms with Crippen molar-refractivity contribution >= 4 is 66.3 Å². The number of benzene rings is 1. The van der Waals surface area contributed by atoms with E-state index in [1.165, 1.54) is 22.7 Å². The van der Waals surface area contributed by atoms with Gasteiger partial charge in [-0.1, -0.05) is 38.9 Å². The van der Waals surface area contributed by atoms with E-state index in [2.05, 4.69) is 20.9 Å². The molecule has 0 bridgehead atoms. The maximum Gasteiger partial charge on any atom is 0.289 e. The van der Waals surface area contributed by atoms with Gasteiger partial charge in [0.15, 0.2) is 4.80 Å². The summed E-state index contributed by atoms with van der Waals surface area (Å²) in [7, 11) is 1.90. The van der Waals surface area contributed by atoms with Gasteiger partial charge >= 0.3 is 0 Å². The third-order valence-electron chi connectivity index (χ3n) is 2.75. The zero-order valence-electron chi connectivity index (χ0n) is 10.3. The van der Waals surface area contributed by atoms with Crippen LogP contribution in [0, 0.1) is 0 Å². The van der Waals surface area contributed by atoms with Crippen LogP contribution in [0.4, 0.5) is 0 Å². The molecule has 0 saturated carbocycles. The Balaban J connectivity index is 2.12. The molecule has 1 aromatic carbocycles. The Labute approximate surface area is 136 Å². The maximum absolute atomic E-state index is 12.1. The fourth-order valence-corrected chi connectivity index (χ4v) is 4.28. The number of aromatic nitrogens is 1. The molecular weight excluding hydrogens is 380 g/mol. The van der Waals surface area contributed by atoms with E-state index in [0.717, 1.165) is 14.7 Å². The van der Waals surface area contributed by atoms with E-state index >= 15 is 0 Å². The fourth-order valence-electron chi connectivity index (χ4n) is 1.79. The van der Waals surface area contributed by atoms with E-state index in [-0.39, 0.29) is 5.91 Å². The molecule has 7 heteroatoms. The van der Waals surface area contributed by atoms with Crippen molar-refractivity contribution in [1.82, 2.24) is 4.57 Å². The second-order valence-electron chi connectivity index (χ2n) is 4.08. The van der Waals surface area contributed by atoms with Crippen molar-refractivity contribution in [1.29, 1.82) is 0 Å². The number of amides is 1. The number of aryl methyl sites for hydroxylation is 1. The lowest BCUT2D eigenvalue weighted by atomic mass is 10.3. The van der Waals surface area contributed by atoms with Gasteiger partial charge in [-0.25, -0.2) is 0 Å². The number of carbonyl (C=O) groups is 1. The zero-order valence-corrected chi connectivity index (χ0v) is 14.2. The highest BCUT2D eigenvalue weighted by Gasteiger charge is 2.09. The van der Waals surface area contributed by atoms with Crippen LogP contribution in [0.5, 0.6) is 0 Å². The summed E-state index contributed by atoms with van der Waals surface area (Å²) in [6.45, 7) is 0. The van der Waals surface area contributed by atoms with Gasteiger partial charge < -0.3 is 4.57 Å². The number of halogens is 2. The van der Waals surface area contributed by atoms with E-state index in [1.807, 2.05) is 29.8 Å². The van der Waals surface area contributed by atoms with Gasteiger partial charge in [0, 0.05) is 11.5 Å². The summed E-state index contributed by atoms with van der Waals surface area (Å²) in [5.74, 6) is -0.261.